The molecule has 1 aromatic heterocycles. The first-order valence-corrected chi connectivity index (χ1v) is 9.19. The number of nitrogens with zero attached hydrogens (tertiary/aromatic N) is 2. The summed E-state index contributed by atoms with van der Waals surface area (Å²) in [7, 11) is -3.18. The molecule has 0 unspecified atom stereocenters. The SMILES string of the molecule is CS(=O)(=O)N1CCN(C(=O)/C=C/c2cc3ccccc3o2)CC1. The predicted molar refractivity (Wildman–Crippen MR) is 88.2 cm³/mol. The molecule has 1 aliphatic rings. The molecule has 2 aromatic rings. The van der Waals surface area contributed by atoms with Crippen LogP contribution in [0.3, 0.4) is 0 Å². The zero-order chi connectivity index (χ0) is 16.4. The average molecular weight is 334 g/mol. The number of para-hydroxylation sites is 1. The molecule has 2 heterocycles. The van der Waals surface area contributed by atoms with Crippen molar-refractivity contribution in [3.8, 4) is 0 Å². The topological polar surface area (TPSA) is 70.8 Å². The minimum atomic E-state index is -3.18. The Bertz CT molecular complexity index is 813. The molecule has 0 bridgehead atoms. The number of sulfonamides is 1. The highest BCUT2D eigenvalue weighted by Gasteiger charge is 2.24. The number of rotatable bonds is 3. The molecule has 0 spiro atoms. The number of carbonyl (C=O) groups excluding carboxylic acids is 1. The van der Waals surface area contributed by atoms with Crippen LogP contribution in [0.15, 0.2) is 40.8 Å². The van der Waals surface area contributed by atoms with E-state index in [9.17, 15) is 13.2 Å². The second-order valence-corrected chi connectivity index (χ2v) is 7.49. The quantitative estimate of drug-likeness (QED) is 0.799. The molecular formula is C16H18N2O4S. The van der Waals surface area contributed by atoms with Crippen molar-refractivity contribution < 1.29 is 17.6 Å². The monoisotopic (exact) mass is 334 g/mol. The number of hydrogen-bond donors (Lipinski definition) is 0. The molecule has 122 valence electrons. The lowest BCUT2D eigenvalue weighted by Crippen LogP contribution is -2.49. The Hall–Kier alpha value is -2.12. The highest BCUT2D eigenvalue weighted by Crippen LogP contribution is 2.19. The number of fused-ring (bicyclic) bond motifs is 1. The van der Waals surface area contributed by atoms with E-state index in [2.05, 4.69) is 0 Å². The Kier molecular flexibility index (Phi) is 4.23. The molecule has 0 aliphatic carbocycles. The maximum Gasteiger partial charge on any atom is 0.246 e. The summed E-state index contributed by atoms with van der Waals surface area (Å²) in [4.78, 5) is 13.8. The van der Waals surface area contributed by atoms with Crippen LogP contribution >= 0.6 is 0 Å². The van der Waals surface area contributed by atoms with Crippen molar-refractivity contribution in [2.75, 3.05) is 32.4 Å². The summed E-state index contributed by atoms with van der Waals surface area (Å²) in [6.45, 7) is 1.47. The third kappa shape index (κ3) is 3.62. The van der Waals surface area contributed by atoms with Gasteiger partial charge < -0.3 is 9.32 Å². The summed E-state index contributed by atoms with van der Waals surface area (Å²) in [6.07, 6.45) is 4.30. The van der Waals surface area contributed by atoms with Crippen molar-refractivity contribution in [3.05, 3.63) is 42.2 Å². The van der Waals surface area contributed by atoms with Crippen LogP contribution in [0.25, 0.3) is 17.0 Å². The molecule has 6 nitrogen and oxygen atoms in total. The van der Waals surface area contributed by atoms with Crippen molar-refractivity contribution in [2.45, 2.75) is 0 Å². The normalized spacial score (nSPS) is 17.2. The molecule has 1 aromatic carbocycles. The van der Waals surface area contributed by atoms with Gasteiger partial charge in [0.25, 0.3) is 0 Å². The Labute approximate surface area is 135 Å². The van der Waals surface area contributed by atoms with Gasteiger partial charge >= 0.3 is 0 Å². The molecule has 0 atom stereocenters. The minimum absolute atomic E-state index is 0.140. The molecule has 0 radical (unpaired) electrons. The van der Waals surface area contributed by atoms with E-state index in [1.165, 1.54) is 16.6 Å². The number of carbonyl (C=O) groups is 1. The van der Waals surface area contributed by atoms with Gasteiger partial charge in [0.2, 0.25) is 15.9 Å². The van der Waals surface area contributed by atoms with Gasteiger partial charge in [-0.1, -0.05) is 18.2 Å². The van der Waals surface area contributed by atoms with Crippen LogP contribution in [0.5, 0.6) is 0 Å². The van der Waals surface area contributed by atoms with Crippen LogP contribution < -0.4 is 0 Å². The highest BCUT2D eigenvalue weighted by molar-refractivity contribution is 7.88. The molecule has 7 heteroatoms. The Balaban J connectivity index is 1.63. The van der Waals surface area contributed by atoms with Gasteiger partial charge in [0.15, 0.2) is 0 Å². The van der Waals surface area contributed by atoms with Crippen LogP contribution in [-0.4, -0.2) is 56.0 Å². The van der Waals surface area contributed by atoms with E-state index < -0.39 is 10.0 Å². The molecule has 1 amide bonds. The summed E-state index contributed by atoms with van der Waals surface area (Å²) < 4.78 is 29.9. The fourth-order valence-electron chi connectivity index (χ4n) is 2.58. The van der Waals surface area contributed by atoms with Gasteiger partial charge in [-0.05, 0) is 18.2 Å². The van der Waals surface area contributed by atoms with E-state index in [0.717, 1.165) is 11.0 Å². The van der Waals surface area contributed by atoms with Gasteiger partial charge in [0.05, 0.1) is 6.26 Å². The maximum atomic E-state index is 12.2. The lowest BCUT2D eigenvalue weighted by molar-refractivity contribution is -0.127. The molecule has 0 saturated carbocycles. The first-order valence-electron chi connectivity index (χ1n) is 7.34. The zero-order valence-corrected chi connectivity index (χ0v) is 13.6. The summed E-state index contributed by atoms with van der Waals surface area (Å²) in [6, 6.07) is 9.52. The van der Waals surface area contributed by atoms with E-state index in [1.54, 1.807) is 11.0 Å². The number of hydrogen-bond acceptors (Lipinski definition) is 4. The fourth-order valence-corrected chi connectivity index (χ4v) is 3.41. The molecule has 23 heavy (non-hydrogen) atoms. The standard InChI is InChI=1S/C16H18N2O4S/c1-23(20,21)18-10-8-17(9-11-18)16(19)7-6-14-12-13-4-2-3-5-15(13)22-14/h2-7,12H,8-11H2,1H3/b7-6+. The van der Waals surface area contributed by atoms with Crippen molar-refractivity contribution in [1.82, 2.24) is 9.21 Å². The van der Waals surface area contributed by atoms with E-state index in [1.807, 2.05) is 30.3 Å². The minimum Gasteiger partial charge on any atom is -0.457 e. The zero-order valence-electron chi connectivity index (χ0n) is 12.8. The third-order valence-electron chi connectivity index (χ3n) is 3.85. The lowest BCUT2D eigenvalue weighted by atomic mass is 10.2. The molecule has 3 rings (SSSR count). The second-order valence-electron chi connectivity index (χ2n) is 5.51. The van der Waals surface area contributed by atoms with Crippen LogP contribution in [0.1, 0.15) is 5.76 Å². The molecule has 1 saturated heterocycles. The number of benzene rings is 1. The van der Waals surface area contributed by atoms with Gasteiger partial charge in [0.1, 0.15) is 11.3 Å². The summed E-state index contributed by atoms with van der Waals surface area (Å²) in [5.74, 6) is 0.480. The van der Waals surface area contributed by atoms with Crippen molar-refractivity contribution in [1.29, 1.82) is 0 Å². The molecule has 1 fully saturated rings. The van der Waals surface area contributed by atoms with E-state index >= 15 is 0 Å². The fraction of sp³-hybridized carbons (Fsp3) is 0.312. The molecular weight excluding hydrogens is 316 g/mol. The van der Waals surface area contributed by atoms with Gasteiger partial charge in [-0.3, -0.25) is 4.79 Å². The summed E-state index contributed by atoms with van der Waals surface area (Å²) >= 11 is 0. The predicted octanol–water partition coefficient (Wildman–Crippen LogP) is 1.55. The summed E-state index contributed by atoms with van der Waals surface area (Å²) in [5, 5.41) is 0.987. The number of furan rings is 1. The van der Waals surface area contributed by atoms with Crippen LogP contribution in [0.4, 0.5) is 0 Å². The largest absolute Gasteiger partial charge is 0.457 e. The maximum absolute atomic E-state index is 12.2. The van der Waals surface area contributed by atoms with Gasteiger partial charge in [0, 0.05) is 37.6 Å². The van der Waals surface area contributed by atoms with Gasteiger partial charge in [-0.25, -0.2) is 8.42 Å². The van der Waals surface area contributed by atoms with Crippen LogP contribution in [0, 0.1) is 0 Å². The first-order chi connectivity index (χ1) is 10.9. The number of piperazine rings is 1. The highest BCUT2D eigenvalue weighted by atomic mass is 32.2. The average Bonchev–Trinajstić information content (AvgIpc) is 2.95. The van der Waals surface area contributed by atoms with E-state index in [0.29, 0.717) is 31.9 Å². The van der Waals surface area contributed by atoms with Crippen molar-refractivity contribution in [2.24, 2.45) is 0 Å². The van der Waals surface area contributed by atoms with E-state index in [4.69, 9.17) is 4.42 Å². The lowest BCUT2D eigenvalue weighted by Gasteiger charge is -2.32. The Morgan fingerprint density at radius 2 is 1.87 bits per heavy atom. The van der Waals surface area contributed by atoms with Gasteiger partial charge in [-0.15, -0.1) is 0 Å². The Morgan fingerprint density at radius 3 is 2.52 bits per heavy atom. The number of amides is 1. The smallest absolute Gasteiger partial charge is 0.246 e. The van der Waals surface area contributed by atoms with Crippen LogP contribution in [0.2, 0.25) is 0 Å². The van der Waals surface area contributed by atoms with E-state index in [-0.39, 0.29) is 5.91 Å². The van der Waals surface area contributed by atoms with Crippen molar-refractivity contribution in [3.63, 3.8) is 0 Å². The van der Waals surface area contributed by atoms with Crippen LogP contribution in [-0.2, 0) is 14.8 Å². The Morgan fingerprint density at radius 1 is 1.17 bits per heavy atom. The first kappa shape index (κ1) is 15.8. The molecule has 0 N–H and O–H groups in total. The van der Waals surface area contributed by atoms with Crippen molar-refractivity contribution >= 4 is 33.0 Å². The molecule has 1 aliphatic heterocycles. The summed E-state index contributed by atoms with van der Waals surface area (Å²) in [5.41, 5.74) is 0.779. The van der Waals surface area contributed by atoms with Gasteiger partial charge in [-0.2, -0.15) is 4.31 Å². The third-order valence-corrected chi connectivity index (χ3v) is 5.16. The second kappa shape index (κ2) is 6.17.